The molecule has 2 aromatic rings. The van der Waals surface area contributed by atoms with Crippen LogP contribution in [0.3, 0.4) is 0 Å². The average molecular weight is 347 g/mol. The standard InChI is InChI=1S/C18H25N3O2S/c1-7-23-13(3)17-19-12(2)16(24-17)18(22)21(6)15-10-8-14(9-11-15)20(4)5/h8-11,13H,7H2,1-6H3/t13-/m1/s1. The topological polar surface area (TPSA) is 45.7 Å². The Morgan fingerprint density at radius 1 is 1.21 bits per heavy atom. The highest BCUT2D eigenvalue weighted by molar-refractivity contribution is 7.14. The van der Waals surface area contributed by atoms with Crippen molar-refractivity contribution in [1.29, 1.82) is 0 Å². The fourth-order valence-corrected chi connectivity index (χ4v) is 3.40. The summed E-state index contributed by atoms with van der Waals surface area (Å²) in [6.45, 7) is 6.41. The Morgan fingerprint density at radius 3 is 2.33 bits per heavy atom. The van der Waals surface area contributed by atoms with Crippen LogP contribution >= 0.6 is 11.3 Å². The van der Waals surface area contributed by atoms with E-state index < -0.39 is 0 Å². The first kappa shape index (κ1) is 18.4. The van der Waals surface area contributed by atoms with Gasteiger partial charge >= 0.3 is 0 Å². The van der Waals surface area contributed by atoms with Gasteiger partial charge in [-0.15, -0.1) is 11.3 Å². The van der Waals surface area contributed by atoms with Crippen molar-refractivity contribution in [2.75, 3.05) is 37.5 Å². The highest BCUT2D eigenvalue weighted by Gasteiger charge is 2.22. The Bertz CT molecular complexity index is 695. The normalized spacial score (nSPS) is 12.1. The molecule has 1 atom stereocenters. The number of benzene rings is 1. The van der Waals surface area contributed by atoms with Gasteiger partial charge in [0, 0.05) is 39.1 Å². The Labute approximate surface area is 147 Å². The molecular weight excluding hydrogens is 322 g/mol. The number of amides is 1. The number of carbonyl (C=O) groups excluding carboxylic acids is 1. The molecule has 1 heterocycles. The van der Waals surface area contributed by atoms with Crippen LogP contribution < -0.4 is 9.80 Å². The first-order chi connectivity index (χ1) is 11.3. The molecule has 1 amide bonds. The molecule has 5 nitrogen and oxygen atoms in total. The highest BCUT2D eigenvalue weighted by Crippen LogP contribution is 2.28. The van der Waals surface area contributed by atoms with Crippen LogP contribution in [0.4, 0.5) is 11.4 Å². The average Bonchev–Trinajstić information content (AvgIpc) is 2.95. The van der Waals surface area contributed by atoms with Gasteiger partial charge in [-0.25, -0.2) is 4.98 Å². The molecule has 0 saturated heterocycles. The fraction of sp³-hybridized carbons (Fsp3) is 0.444. The van der Waals surface area contributed by atoms with Crippen molar-refractivity contribution >= 4 is 28.6 Å². The van der Waals surface area contributed by atoms with Gasteiger partial charge < -0.3 is 14.5 Å². The van der Waals surface area contributed by atoms with E-state index in [0.717, 1.165) is 22.1 Å². The first-order valence-corrected chi connectivity index (χ1v) is 8.81. The summed E-state index contributed by atoms with van der Waals surface area (Å²) in [5.74, 6) is -0.0439. The van der Waals surface area contributed by atoms with Crippen LogP contribution in [0.1, 0.15) is 40.3 Å². The molecule has 0 aliphatic rings. The maximum absolute atomic E-state index is 12.8. The lowest BCUT2D eigenvalue weighted by atomic mass is 10.2. The maximum atomic E-state index is 12.8. The van der Waals surface area contributed by atoms with E-state index in [4.69, 9.17) is 4.74 Å². The van der Waals surface area contributed by atoms with E-state index in [1.807, 2.05) is 64.0 Å². The van der Waals surface area contributed by atoms with E-state index in [2.05, 4.69) is 4.98 Å². The Balaban J connectivity index is 2.21. The summed E-state index contributed by atoms with van der Waals surface area (Å²) in [6.07, 6.45) is -0.0927. The molecule has 0 radical (unpaired) electrons. The van der Waals surface area contributed by atoms with Crippen LogP contribution in [0, 0.1) is 6.92 Å². The zero-order valence-electron chi connectivity index (χ0n) is 15.2. The zero-order valence-corrected chi connectivity index (χ0v) is 16.0. The van der Waals surface area contributed by atoms with Gasteiger partial charge in [-0.1, -0.05) is 0 Å². The number of aromatic nitrogens is 1. The Morgan fingerprint density at radius 2 is 1.79 bits per heavy atom. The van der Waals surface area contributed by atoms with Crippen molar-refractivity contribution in [3.05, 3.63) is 39.8 Å². The van der Waals surface area contributed by atoms with Gasteiger partial charge in [-0.2, -0.15) is 0 Å². The minimum Gasteiger partial charge on any atom is -0.378 e. The number of nitrogens with zero attached hydrogens (tertiary/aromatic N) is 3. The smallest absolute Gasteiger partial charge is 0.270 e. The number of aryl methyl sites for hydroxylation is 1. The number of anilines is 2. The largest absolute Gasteiger partial charge is 0.378 e. The molecule has 0 aliphatic carbocycles. The van der Waals surface area contributed by atoms with E-state index in [-0.39, 0.29) is 12.0 Å². The van der Waals surface area contributed by atoms with E-state index >= 15 is 0 Å². The van der Waals surface area contributed by atoms with Gasteiger partial charge in [0.05, 0.1) is 5.69 Å². The molecule has 24 heavy (non-hydrogen) atoms. The van der Waals surface area contributed by atoms with Crippen molar-refractivity contribution in [3.8, 4) is 0 Å². The lowest BCUT2D eigenvalue weighted by Crippen LogP contribution is -2.26. The second-order valence-electron chi connectivity index (χ2n) is 5.84. The van der Waals surface area contributed by atoms with Crippen molar-refractivity contribution in [2.45, 2.75) is 26.9 Å². The van der Waals surface area contributed by atoms with E-state index in [1.54, 1.807) is 11.9 Å². The van der Waals surface area contributed by atoms with Gasteiger partial charge in [-0.3, -0.25) is 4.79 Å². The van der Waals surface area contributed by atoms with Crippen molar-refractivity contribution in [3.63, 3.8) is 0 Å². The molecular formula is C18H25N3O2S. The molecule has 1 aromatic carbocycles. The molecule has 0 unspecified atom stereocenters. The van der Waals surface area contributed by atoms with Gasteiger partial charge in [0.15, 0.2) is 0 Å². The fourth-order valence-electron chi connectivity index (χ4n) is 2.35. The second kappa shape index (κ2) is 7.77. The lowest BCUT2D eigenvalue weighted by Gasteiger charge is -2.18. The van der Waals surface area contributed by atoms with Crippen LogP contribution in [-0.2, 0) is 4.74 Å². The summed E-state index contributed by atoms with van der Waals surface area (Å²) in [5.41, 5.74) is 2.71. The number of rotatable bonds is 6. The van der Waals surface area contributed by atoms with E-state index in [0.29, 0.717) is 11.5 Å². The minimum absolute atomic E-state index is 0.0439. The first-order valence-electron chi connectivity index (χ1n) is 7.99. The van der Waals surface area contributed by atoms with Crippen LogP contribution in [0.5, 0.6) is 0 Å². The molecule has 0 spiro atoms. The van der Waals surface area contributed by atoms with Gasteiger partial charge in [0.2, 0.25) is 0 Å². The highest BCUT2D eigenvalue weighted by atomic mass is 32.1. The van der Waals surface area contributed by atoms with Gasteiger partial charge in [0.25, 0.3) is 5.91 Å². The summed E-state index contributed by atoms with van der Waals surface area (Å²) in [4.78, 5) is 21.7. The van der Waals surface area contributed by atoms with E-state index in [9.17, 15) is 4.79 Å². The third-order valence-corrected chi connectivity index (χ3v) is 5.14. The van der Waals surface area contributed by atoms with Gasteiger partial charge in [0.1, 0.15) is 16.0 Å². The van der Waals surface area contributed by atoms with Crippen LogP contribution in [0.25, 0.3) is 0 Å². The summed E-state index contributed by atoms with van der Waals surface area (Å²) >= 11 is 1.41. The zero-order chi connectivity index (χ0) is 17.9. The van der Waals surface area contributed by atoms with Crippen LogP contribution in [0.2, 0.25) is 0 Å². The maximum Gasteiger partial charge on any atom is 0.270 e. The summed E-state index contributed by atoms with van der Waals surface area (Å²) in [6, 6.07) is 7.91. The predicted octanol–water partition coefficient (Wildman–Crippen LogP) is 3.89. The molecule has 0 fully saturated rings. The van der Waals surface area contributed by atoms with Crippen LogP contribution in [-0.4, -0.2) is 38.6 Å². The Kier molecular flexibility index (Phi) is 5.96. The molecule has 1 aromatic heterocycles. The Hall–Kier alpha value is -1.92. The summed E-state index contributed by atoms with van der Waals surface area (Å²) in [5, 5.41) is 0.842. The van der Waals surface area contributed by atoms with Crippen molar-refractivity contribution in [1.82, 2.24) is 4.98 Å². The third-order valence-electron chi connectivity index (χ3n) is 3.83. The number of ether oxygens (including phenoxy) is 1. The lowest BCUT2D eigenvalue weighted by molar-refractivity contribution is 0.0761. The quantitative estimate of drug-likeness (QED) is 0.795. The number of hydrogen-bond acceptors (Lipinski definition) is 5. The molecule has 0 bridgehead atoms. The third kappa shape index (κ3) is 3.94. The summed E-state index contributed by atoms with van der Waals surface area (Å²) in [7, 11) is 5.77. The molecule has 130 valence electrons. The van der Waals surface area contributed by atoms with Crippen LogP contribution in [0.15, 0.2) is 24.3 Å². The SMILES string of the molecule is CCO[C@H](C)c1nc(C)c(C(=O)N(C)c2ccc(N(C)C)cc2)s1. The molecule has 0 saturated carbocycles. The predicted molar refractivity (Wildman–Crippen MR) is 100 cm³/mol. The molecule has 6 heteroatoms. The minimum atomic E-state index is -0.0927. The number of hydrogen-bond donors (Lipinski definition) is 0. The molecule has 2 rings (SSSR count). The van der Waals surface area contributed by atoms with Gasteiger partial charge in [-0.05, 0) is 45.0 Å². The van der Waals surface area contributed by atoms with Crippen molar-refractivity contribution < 1.29 is 9.53 Å². The van der Waals surface area contributed by atoms with Crippen molar-refractivity contribution in [2.24, 2.45) is 0 Å². The van der Waals surface area contributed by atoms with E-state index in [1.165, 1.54) is 11.3 Å². The summed E-state index contributed by atoms with van der Waals surface area (Å²) < 4.78 is 5.58. The number of carbonyl (C=O) groups is 1. The molecule has 0 aliphatic heterocycles. The number of thiazole rings is 1. The monoisotopic (exact) mass is 347 g/mol. The molecule has 0 N–H and O–H groups in total. The second-order valence-corrected chi connectivity index (χ2v) is 6.87.